The topological polar surface area (TPSA) is 24.9 Å². The zero-order valence-corrected chi connectivity index (χ0v) is 9.46. The van der Waals surface area contributed by atoms with Gasteiger partial charge in [-0.25, -0.2) is 0 Å². The molecule has 0 fully saturated rings. The minimum atomic E-state index is 0.472. The first-order chi connectivity index (χ1) is 7.36. The third kappa shape index (κ3) is 4.62. The molecule has 1 N–H and O–H groups in total. The second kappa shape index (κ2) is 7.03. The molecule has 0 bridgehead atoms. The van der Waals surface area contributed by atoms with Crippen LogP contribution in [0.3, 0.4) is 0 Å². The largest absolute Gasteiger partial charge is 0.316 e. The second-order valence-corrected chi connectivity index (χ2v) is 3.48. The van der Waals surface area contributed by atoms with Crippen LogP contribution in [0, 0.1) is 11.8 Å². The molecule has 1 aromatic rings. The summed E-state index contributed by atoms with van der Waals surface area (Å²) in [5.41, 5.74) is 1.15. The number of aromatic nitrogens is 1. The van der Waals surface area contributed by atoms with Crippen LogP contribution in [0.15, 0.2) is 24.4 Å². The standard InChI is InChI=1S/C13H18N2/c1-3-4-7-12(14-2)9-10-13-8-5-6-11-15-13/h5-6,8,11-12,14H,7,9-10H2,1-2H3. The number of nitrogens with one attached hydrogen (secondary N) is 1. The van der Waals surface area contributed by atoms with Crippen molar-refractivity contribution in [2.75, 3.05) is 7.05 Å². The highest BCUT2D eigenvalue weighted by molar-refractivity contribution is 5.04. The molecule has 0 spiro atoms. The number of nitrogens with zero attached hydrogens (tertiary/aromatic N) is 1. The fourth-order valence-corrected chi connectivity index (χ4v) is 1.44. The lowest BCUT2D eigenvalue weighted by Gasteiger charge is -2.12. The van der Waals surface area contributed by atoms with Crippen molar-refractivity contribution in [3.8, 4) is 11.8 Å². The molecule has 0 aliphatic heterocycles. The molecule has 1 unspecified atom stereocenters. The summed E-state index contributed by atoms with van der Waals surface area (Å²) in [6, 6.07) is 6.52. The zero-order chi connectivity index (χ0) is 10.9. The number of aryl methyl sites for hydroxylation is 1. The van der Waals surface area contributed by atoms with Gasteiger partial charge in [0.05, 0.1) is 0 Å². The fourth-order valence-electron chi connectivity index (χ4n) is 1.44. The molecule has 1 atom stereocenters. The van der Waals surface area contributed by atoms with Gasteiger partial charge >= 0.3 is 0 Å². The quantitative estimate of drug-likeness (QED) is 0.739. The van der Waals surface area contributed by atoms with E-state index in [0.717, 1.165) is 25.0 Å². The van der Waals surface area contributed by atoms with Gasteiger partial charge in [0.1, 0.15) is 0 Å². The smallest absolute Gasteiger partial charge is 0.0404 e. The van der Waals surface area contributed by atoms with Crippen molar-refractivity contribution in [2.45, 2.75) is 32.2 Å². The van der Waals surface area contributed by atoms with E-state index in [0.29, 0.717) is 6.04 Å². The normalized spacial score (nSPS) is 11.6. The van der Waals surface area contributed by atoms with Gasteiger partial charge in [-0.1, -0.05) is 6.07 Å². The molecule has 0 radical (unpaired) electrons. The highest BCUT2D eigenvalue weighted by atomic mass is 14.9. The van der Waals surface area contributed by atoms with Crippen molar-refractivity contribution in [1.82, 2.24) is 10.3 Å². The Kier molecular flexibility index (Phi) is 5.50. The summed E-state index contributed by atoms with van der Waals surface area (Å²) in [5.74, 6) is 6.03. The van der Waals surface area contributed by atoms with Crippen molar-refractivity contribution >= 4 is 0 Å². The Balaban J connectivity index is 2.36. The van der Waals surface area contributed by atoms with E-state index in [2.05, 4.69) is 28.2 Å². The summed E-state index contributed by atoms with van der Waals surface area (Å²) in [6.45, 7) is 1.88. The van der Waals surface area contributed by atoms with Gasteiger partial charge in [0, 0.05) is 24.4 Å². The van der Waals surface area contributed by atoms with E-state index >= 15 is 0 Å². The van der Waals surface area contributed by atoms with Gasteiger partial charge in [0.2, 0.25) is 0 Å². The predicted octanol–water partition coefficient (Wildman–Crippen LogP) is 2.02. The molecule has 0 amide bonds. The number of hydrogen-bond acceptors (Lipinski definition) is 2. The molecule has 0 aromatic carbocycles. The molecular weight excluding hydrogens is 184 g/mol. The van der Waals surface area contributed by atoms with Crippen LogP contribution in [0.1, 0.15) is 25.5 Å². The van der Waals surface area contributed by atoms with Crippen molar-refractivity contribution in [3.05, 3.63) is 30.1 Å². The van der Waals surface area contributed by atoms with Gasteiger partial charge < -0.3 is 5.32 Å². The van der Waals surface area contributed by atoms with E-state index < -0.39 is 0 Å². The van der Waals surface area contributed by atoms with E-state index in [1.807, 2.05) is 32.3 Å². The van der Waals surface area contributed by atoms with Crippen molar-refractivity contribution in [3.63, 3.8) is 0 Å². The van der Waals surface area contributed by atoms with E-state index in [-0.39, 0.29) is 0 Å². The third-order valence-electron chi connectivity index (χ3n) is 2.41. The van der Waals surface area contributed by atoms with Crippen LogP contribution >= 0.6 is 0 Å². The van der Waals surface area contributed by atoms with E-state index in [1.54, 1.807) is 0 Å². The molecule has 0 aliphatic rings. The summed E-state index contributed by atoms with van der Waals surface area (Å²) >= 11 is 0. The summed E-state index contributed by atoms with van der Waals surface area (Å²) in [7, 11) is 1.99. The molecule has 15 heavy (non-hydrogen) atoms. The Hall–Kier alpha value is -1.33. The minimum absolute atomic E-state index is 0.472. The lowest BCUT2D eigenvalue weighted by Crippen LogP contribution is -2.25. The summed E-state index contributed by atoms with van der Waals surface area (Å²) < 4.78 is 0. The number of rotatable bonds is 5. The predicted molar refractivity (Wildman–Crippen MR) is 63.5 cm³/mol. The van der Waals surface area contributed by atoms with Crippen LogP contribution in [0.2, 0.25) is 0 Å². The van der Waals surface area contributed by atoms with Gasteiger partial charge in [-0.3, -0.25) is 4.98 Å². The van der Waals surface area contributed by atoms with Gasteiger partial charge in [-0.05, 0) is 38.9 Å². The van der Waals surface area contributed by atoms with Crippen molar-refractivity contribution in [1.29, 1.82) is 0 Å². The third-order valence-corrected chi connectivity index (χ3v) is 2.41. The van der Waals surface area contributed by atoms with Crippen LogP contribution in [0.25, 0.3) is 0 Å². The van der Waals surface area contributed by atoms with Crippen LogP contribution in [-0.4, -0.2) is 18.1 Å². The van der Waals surface area contributed by atoms with Gasteiger partial charge in [-0.15, -0.1) is 11.8 Å². The SMILES string of the molecule is CC#CCC(CCc1ccccn1)NC. The fraction of sp³-hybridized carbons (Fsp3) is 0.462. The van der Waals surface area contributed by atoms with Crippen LogP contribution in [0.5, 0.6) is 0 Å². The average molecular weight is 202 g/mol. The highest BCUT2D eigenvalue weighted by Gasteiger charge is 2.04. The molecule has 80 valence electrons. The lowest BCUT2D eigenvalue weighted by atomic mass is 10.1. The Labute approximate surface area is 92.1 Å². The summed E-state index contributed by atoms with van der Waals surface area (Å²) in [6.07, 6.45) is 4.86. The van der Waals surface area contributed by atoms with E-state index in [4.69, 9.17) is 0 Å². The molecule has 1 rings (SSSR count). The highest BCUT2D eigenvalue weighted by Crippen LogP contribution is 2.04. The average Bonchev–Trinajstić information content (AvgIpc) is 2.31. The van der Waals surface area contributed by atoms with Crippen LogP contribution in [0.4, 0.5) is 0 Å². The molecule has 1 aromatic heterocycles. The second-order valence-electron chi connectivity index (χ2n) is 3.48. The van der Waals surface area contributed by atoms with Crippen molar-refractivity contribution in [2.24, 2.45) is 0 Å². The van der Waals surface area contributed by atoms with Gasteiger partial charge in [-0.2, -0.15) is 0 Å². The van der Waals surface area contributed by atoms with Gasteiger partial charge in [0.15, 0.2) is 0 Å². The number of hydrogen-bond donors (Lipinski definition) is 1. The molecule has 2 heteroatoms. The Morgan fingerprint density at radius 1 is 1.47 bits per heavy atom. The molecule has 0 saturated carbocycles. The molecule has 2 nitrogen and oxygen atoms in total. The number of pyridine rings is 1. The maximum absolute atomic E-state index is 4.30. The van der Waals surface area contributed by atoms with Crippen LogP contribution in [-0.2, 0) is 6.42 Å². The van der Waals surface area contributed by atoms with Gasteiger partial charge in [0.25, 0.3) is 0 Å². The molecule has 1 heterocycles. The first-order valence-electron chi connectivity index (χ1n) is 5.33. The maximum atomic E-state index is 4.30. The van der Waals surface area contributed by atoms with Crippen LogP contribution < -0.4 is 5.32 Å². The minimum Gasteiger partial charge on any atom is -0.316 e. The molecule has 0 saturated heterocycles. The Bertz CT molecular complexity index is 321. The summed E-state index contributed by atoms with van der Waals surface area (Å²) in [5, 5.41) is 3.28. The molecule has 0 aliphatic carbocycles. The first-order valence-corrected chi connectivity index (χ1v) is 5.33. The monoisotopic (exact) mass is 202 g/mol. The zero-order valence-electron chi connectivity index (χ0n) is 9.46. The first kappa shape index (κ1) is 11.7. The Morgan fingerprint density at radius 3 is 2.93 bits per heavy atom. The Morgan fingerprint density at radius 2 is 2.33 bits per heavy atom. The van der Waals surface area contributed by atoms with E-state index in [1.165, 1.54) is 0 Å². The van der Waals surface area contributed by atoms with E-state index in [9.17, 15) is 0 Å². The molecular formula is C13H18N2. The summed E-state index contributed by atoms with van der Waals surface area (Å²) in [4.78, 5) is 4.30. The lowest BCUT2D eigenvalue weighted by molar-refractivity contribution is 0.531. The van der Waals surface area contributed by atoms with Crippen molar-refractivity contribution < 1.29 is 0 Å². The maximum Gasteiger partial charge on any atom is 0.0404 e.